The number of carbonyl (C=O) groups is 1. The second-order valence-electron chi connectivity index (χ2n) is 5.68. The average molecular weight is 285 g/mol. The van der Waals surface area contributed by atoms with E-state index in [2.05, 4.69) is 18.8 Å². The van der Waals surface area contributed by atoms with Crippen LogP contribution in [0.1, 0.15) is 47.7 Å². The van der Waals surface area contributed by atoms with Crippen molar-refractivity contribution >= 4 is 5.91 Å². The van der Waals surface area contributed by atoms with Crippen molar-refractivity contribution in [2.45, 2.75) is 33.1 Å². The second-order valence-corrected chi connectivity index (χ2v) is 5.68. The molecule has 0 radical (unpaired) electrons. The maximum atomic E-state index is 12.7. The molecule has 112 valence electrons. The minimum absolute atomic E-state index is 0.110. The third kappa shape index (κ3) is 3.86. The lowest BCUT2D eigenvalue weighted by molar-refractivity contribution is 0.0785. The Kier molecular flexibility index (Phi) is 5.41. The van der Waals surface area contributed by atoms with E-state index in [4.69, 9.17) is 5.11 Å². The molecule has 1 aliphatic heterocycles. The van der Waals surface area contributed by atoms with Gasteiger partial charge in [0.1, 0.15) is 6.61 Å². The summed E-state index contributed by atoms with van der Waals surface area (Å²) in [5, 5.41) is 8.76. The summed E-state index contributed by atoms with van der Waals surface area (Å²) in [6.45, 7) is 5.71. The van der Waals surface area contributed by atoms with Gasteiger partial charge in [-0.25, -0.2) is 0 Å². The van der Waals surface area contributed by atoms with Crippen LogP contribution in [0.25, 0.3) is 0 Å². The molecule has 1 fully saturated rings. The Morgan fingerprint density at radius 1 is 1.48 bits per heavy atom. The standard InChI is InChI=1S/C18H23NO2/c1-3-5-16-9-10-19(13-16)18(21)17-12-15(6-4-11-20)8-7-14(17)2/h7-8,12,16,20H,3,5,9-11,13H2,1-2H3. The predicted octanol–water partition coefficient (Wildman–Crippen LogP) is 2.60. The normalized spacial score (nSPS) is 17.5. The van der Waals surface area contributed by atoms with Gasteiger partial charge < -0.3 is 10.0 Å². The molecule has 0 aliphatic carbocycles. The number of rotatable bonds is 3. The van der Waals surface area contributed by atoms with Crippen LogP contribution in [0.5, 0.6) is 0 Å². The van der Waals surface area contributed by atoms with Crippen LogP contribution in [0.4, 0.5) is 0 Å². The summed E-state index contributed by atoms with van der Waals surface area (Å²) in [7, 11) is 0. The highest BCUT2D eigenvalue weighted by molar-refractivity contribution is 5.96. The van der Waals surface area contributed by atoms with Crippen molar-refractivity contribution in [2.24, 2.45) is 5.92 Å². The minimum atomic E-state index is -0.165. The Morgan fingerprint density at radius 2 is 2.29 bits per heavy atom. The largest absolute Gasteiger partial charge is 0.384 e. The molecule has 0 saturated carbocycles. The van der Waals surface area contributed by atoms with E-state index in [0.717, 1.165) is 36.2 Å². The van der Waals surface area contributed by atoms with Gasteiger partial charge in [0.2, 0.25) is 0 Å². The molecular weight excluding hydrogens is 262 g/mol. The number of carbonyl (C=O) groups excluding carboxylic acids is 1. The lowest BCUT2D eigenvalue weighted by atomic mass is 10.0. The maximum Gasteiger partial charge on any atom is 0.254 e. The second kappa shape index (κ2) is 7.28. The van der Waals surface area contributed by atoms with Gasteiger partial charge in [0.05, 0.1) is 0 Å². The average Bonchev–Trinajstić information content (AvgIpc) is 2.95. The summed E-state index contributed by atoms with van der Waals surface area (Å²) < 4.78 is 0. The molecule has 1 saturated heterocycles. The lowest BCUT2D eigenvalue weighted by Crippen LogP contribution is -2.29. The van der Waals surface area contributed by atoms with Crippen LogP contribution in [-0.4, -0.2) is 35.6 Å². The number of amides is 1. The summed E-state index contributed by atoms with van der Waals surface area (Å²) in [4.78, 5) is 14.6. The summed E-state index contributed by atoms with van der Waals surface area (Å²) in [6.07, 6.45) is 3.49. The smallest absolute Gasteiger partial charge is 0.254 e. The van der Waals surface area contributed by atoms with Gasteiger partial charge in [-0.05, 0) is 43.4 Å². The van der Waals surface area contributed by atoms with Crippen LogP contribution in [0, 0.1) is 24.7 Å². The minimum Gasteiger partial charge on any atom is -0.384 e. The molecule has 1 unspecified atom stereocenters. The monoisotopic (exact) mass is 285 g/mol. The van der Waals surface area contributed by atoms with Crippen molar-refractivity contribution in [1.82, 2.24) is 4.90 Å². The van der Waals surface area contributed by atoms with Crippen LogP contribution >= 0.6 is 0 Å². The fourth-order valence-corrected chi connectivity index (χ4v) is 2.90. The number of aliphatic hydroxyl groups excluding tert-OH is 1. The number of nitrogens with zero attached hydrogens (tertiary/aromatic N) is 1. The van der Waals surface area contributed by atoms with E-state index < -0.39 is 0 Å². The van der Waals surface area contributed by atoms with Gasteiger partial charge in [-0.3, -0.25) is 4.79 Å². The van der Waals surface area contributed by atoms with Crippen LogP contribution in [0.15, 0.2) is 18.2 Å². The molecule has 1 heterocycles. The SMILES string of the molecule is CCCC1CCN(C(=O)c2cc(C#CCO)ccc2C)C1. The first-order valence-corrected chi connectivity index (χ1v) is 7.65. The van der Waals surface area contributed by atoms with Gasteiger partial charge >= 0.3 is 0 Å². The van der Waals surface area contributed by atoms with E-state index >= 15 is 0 Å². The van der Waals surface area contributed by atoms with Crippen LogP contribution in [0.3, 0.4) is 0 Å². The fourth-order valence-electron chi connectivity index (χ4n) is 2.90. The molecule has 1 aromatic rings. The molecule has 21 heavy (non-hydrogen) atoms. The van der Waals surface area contributed by atoms with Crippen LogP contribution in [-0.2, 0) is 0 Å². The highest BCUT2D eigenvalue weighted by Gasteiger charge is 2.27. The van der Waals surface area contributed by atoms with Gasteiger partial charge in [-0.1, -0.05) is 31.3 Å². The molecular formula is C18H23NO2. The molecule has 1 amide bonds. The molecule has 1 aromatic carbocycles. The first-order valence-electron chi connectivity index (χ1n) is 7.65. The number of hydrogen-bond donors (Lipinski definition) is 1. The van der Waals surface area contributed by atoms with E-state index in [1.54, 1.807) is 0 Å². The number of aliphatic hydroxyl groups is 1. The lowest BCUT2D eigenvalue weighted by Gasteiger charge is -2.18. The zero-order chi connectivity index (χ0) is 15.2. The fraction of sp³-hybridized carbons (Fsp3) is 0.500. The maximum absolute atomic E-state index is 12.7. The third-order valence-corrected chi connectivity index (χ3v) is 4.05. The van der Waals surface area contributed by atoms with E-state index in [1.807, 2.05) is 30.0 Å². The Hall–Kier alpha value is -1.79. The molecule has 1 N–H and O–H groups in total. The molecule has 2 rings (SSSR count). The van der Waals surface area contributed by atoms with Gasteiger partial charge in [-0.15, -0.1) is 0 Å². The molecule has 3 nitrogen and oxygen atoms in total. The summed E-state index contributed by atoms with van der Waals surface area (Å²) in [6, 6.07) is 5.65. The van der Waals surface area contributed by atoms with E-state index in [1.165, 1.54) is 12.8 Å². The van der Waals surface area contributed by atoms with Crippen molar-refractivity contribution in [2.75, 3.05) is 19.7 Å². The van der Waals surface area contributed by atoms with Crippen molar-refractivity contribution in [3.05, 3.63) is 34.9 Å². The molecule has 0 aromatic heterocycles. The Balaban J connectivity index is 2.15. The zero-order valence-electron chi connectivity index (χ0n) is 12.9. The van der Waals surface area contributed by atoms with Crippen LogP contribution in [0.2, 0.25) is 0 Å². The van der Waals surface area contributed by atoms with Crippen molar-refractivity contribution < 1.29 is 9.90 Å². The van der Waals surface area contributed by atoms with Crippen molar-refractivity contribution in [3.8, 4) is 11.8 Å². The highest BCUT2D eigenvalue weighted by Crippen LogP contribution is 2.23. The zero-order valence-corrected chi connectivity index (χ0v) is 12.9. The Labute approximate surface area is 127 Å². The number of aryl methyl sites for hydroxylation is 1. The first-order chi connectivity index (χ1) is 10.2. The summed E-state index contributed by atoms with van der Waals surface area (Å²) in [5.41, 5.74) is 2.49. The number of benzene rings is 1. The van der Waals surface area contributed by atoms with E-state index in [0.29, 0.717) is 5.92 Å². The van der Waals surface area contributed by atoms with Crippen molar-refractivity contribution in [1.29, 1.82) is 0 Å². The molecule has 0 bridgehead atoms. The third-order valence-electron chi connectivity index (χ3n) is 4.05. The van der Waals surface area contributed by atoms with Gasteiger partial charge in [-0.2, -0.15) is 0 Å². The number of hydrogen-bond acceptors (Lipinski definition) is 2. The number of likely N-dealkylation sites (tertiary alicyclic amines) is 1. The van der Waals surface area contributed by atoms with Gasteiger partial charge in [0.25, 0.3) is 5.91 Å². The summed E-state index contributed by atoms with van der Waals surface area (Å²) >= 11 is 0. The highest BCUT2D eigenvalue weighted by atomic mass is 16.2. The molecule has 3 heteroatoms. The van der Waals surface area contributed by atoms with Gasteiger partial charge in [0.15, 0.2) is 0 Å². The van der Waals surface area contributed by atoms with E-state index in [-0.39, 0.29) is 12.5 Å². The molecule has 1 aliphatic rings. The topological polar surface area (TPSA) is 40.5 Å². The predicted molar refractivity (Wildman–Crippen MR) is 84.1 cm³/mol. The molecule has 0 spiro atoms. The van der Waals surface area contributed by atoms with E-state index in [9.17, 15) is 4.79 Å². The van der Waals surface area contributed by atoms with Gasteiger partial charge in [0, 0.05) is 24.2 Å². The van der Waals surface area contributed by atoms with Crippen molar-refractivity contribution in [3.63, 3.8) is 0 Å². The Morgan fingerprint density at radius 3 is 3.00 bits per heavy atom. The molecule has 1 atom stereocenters. The Bertz CT molecular complexity index is 568. The quantitative estimate of drug-likeness (QED) is 0.867. The van der Waals surface area contributed by atoms with Crippen LogP contribution < -0.4 is 0 Å². The first kappa shape index (κ1) is 15.6. The summed E-state index contributed by atoms with van der Waals surface area (Å²) in [5.74, 6) is 6.25.